The van der Waals surface area contributed by atoms with Gasteiger partial charge in [0, 0.05) is 10.9 Å². The number of benzene rings is 4. The number of hydrogen-bond acceptors (Lipinski definition) is 0. The van der Waals surface area contributed by atoms with Gasteiger partial charge in [0.15, 0.2) is 0 Å². The molecule has 4 rings (SSSR count). The summed E-state index contributed by atoms with van der Waals surface area (Å²) in [6.45, 7) is 2.22. The lowest BCUT2D eigenvalue weighted by Crippen LogP contribution is -1.90. The lowest BCUT2D eigenvalue weighted by Gasteiger charge is -2.11. The number of aryl methyl sites for hydroxylation is 1. The summed E-state index contributed by atoms with van der Waals surface area (Å²) < 4.78 is 28.4. The molecule has 0 unspecified atom stereocenters. The Morgan fingerprint density at radius 1 is 0.679 bits per heavy atom. The summed E-state index contributed by atoms with van der Waals surface area (Å²) in [6.07, 6.45) is 6.10. The molecule has 4 aromatic carbocycles. The molecule has 0 saturated carbocycles. The zero-order valence-corrected chi connectivity index (χ0v) is 16.1. The molecule has 0 radical (unpaired) electrons. The van der Waals surface area contributed by atoms with E-state index in [1.807, 2.05) is 18.2 Å². The maximum atomic E-state index is 15.2. The molecule has 0 aliphatic heterocycles. The van der Waals surface area contributed by atoms with Crippen molar-refractivity contribution in [1.29, 1.82) is 0 Å². The van der Waals surface area contributed by atoms with Crippen LogP contribution in [-0.2, 0) is 6.42 Å². The summed E-state index contributed by atoms with van der Waals surface area (Å²) in [4.78, 5) is 0. The van der Waals surface area contributed by atoms with Crippen LogP contribution in [0.2, 0.25) is 0 Å². The third-order valence-corrected chi connectivity index (χ3v) is 5.49. The second-order valence-corrected chi connectivity index (χ2v) is 7.46. The van der Waals surface area contributed by atoms with E-state index in [-0.39, 0.29) is 11.6 Å². The minimum Gasteiger partial charge on any atom is -0.207 e. The zero-order valence-electron chi connectivity index (χ0n) is 16.1. The van der Waals surface area contributed by atoms with Crippen LogP contribution in [0.1, 0.15) is 38.2 Å². The van der Waals surface area contributed by atoms with Crippen LogP contribution in [0.15, 0.2) is 66.7 Å². The van der Waals surface area contributed by atoms with Crippen molar-refractivity contribution < 1.29 is 8.78 Å². The Labute approximate surface area is 164 Å². The van der Waals surface area contributed by atoms with Crippen molar-refractivity contribution in [2.45, 2.75) is 39.0 Å². The van der Waals surface area contributed by atoms with Gasteiger partial charge in [-0.3, -0.25) is 0 Å². The van der Waals surface area contributed by atoms with Crippen molar-refractivity contribution in [3.8, 4) is 11.1 Å². The van der Waals surface area contributed by atoms with Crippen LogP contribution in [0.3, 0.4) is 0 Å². The maximum absolute atomic E-state index is 15.2. The standard InChI is InChI=1S/C26H24F2/c1-2-3-4-5-6-18-7-13-22-20(17-18)10-14-25-24(22)16-15-23(26(25)28)19-8-11-21(27)12-9-19/h7-17H,2-6H2,1H3. The molecule has 2 heteroatoms. The van der Waals surface area contributed by atoms with Crippen LogP contribution in [0, 0.1) is 11.6 Å². The largest absolute Gasteiger partial charge is 0.207 e. The average Bonchev–Trinajstić information content (AvgIpc) is 2.72. The van der Waals surface area contributed by atoms with Crippen LogP contribution in [0.4, 0.5) is 8.78 Å². The van der Waals surface area contributed by atoms with Crippen molar-refractivity contribution in [2.75, 3.05) is 0 Å². The van der Waals surface area contributed by atoms with Gasteiger partial charge < -0.3 is 0 Å². The van der Waals surface area contributed by atoms with E-state index in [1.165, 1.54) is 43.4 Å². The van der Waals surface area contributed by atoms with Gasteiger partial charge in [0.1, 0.15) is 11.6 Å². The highest BCUT2D eigenvalue weighted by molar-refractivity contribution is 6.08. The van der Waals surface area contributed by atoms with Gasteiger partial charge in [0.2, 0.25) is 0 Å². The average molecular weight is 374 g/mol. The zero-order chi connectivity index (χ0) is 19.5. The van der Waals surface area contributed by atoms with Crippen LogP contribution >= 0.6 is 0 Å². The number of halogens is 2. The quantitative estimate of drug-likeness (QED) is 0.236. The highest BCUT2D eigenvalue weighted by atomic mass is 19.1. The first-order valence-corrected chi connectivity index (χ1v) is 10.1. The number of fused-ring (bicyclic) bond motifs is 3. The highest BCUT2D eigenvalue weighted by Gasteiger charge is 2.12. The van der Waals surface area contributed by atoms with Gasteiger partial charge in [-0.1, -0.05) is 80.8 Å². The monoisotopic (exact) mass is 374 g/mol. The fraction of sp³-hybridized carbons (Fsp3) is 0.231. The molecule has 0 heterocycles. The van der Waals surface area contributed by atoms with E-state index >= 15 is 4.39 Å². The third-order valence-electron chi connectivity index (χ3n) is 5.49. The van der Waals surface area contributed by atoms with Gasteiger partial charge in [0.05, 0.1) is 0 Å². The highest BCUT2D eigenvalue weighted by Crippen LogP contribution is 2.33. The molecule has 4 aromatic rings. The Morgan fingerprint density at radius 2 is 1.43 bits per heavy atom. The predicted octanol–water partition coefficient (Wildman–Crippen LogP) is 8.06. The fourth-order valence-electron chi connectivity index (χ4n) is 3.92. The molecule has 0 N–H and O–H groups in total. The summed E-state index contributed by atoms with van der Waals surface area (Å²) >= 11 is 0. The van der Waals surface area contributed by atoms with Gasteiger partial charge in [-0.2, -0.15) is 0 Å². The van der Waals surface area contributed by atoms with Crippen molar-refractivity contribution in [1.82, 2.24) is 0 Å². The molecule has 0 spiro atoms. The van der Waals surface area contributed by atoms with Crippen LogP contribution in [-0.4, -0.2) is 0 Å². The van der Waals surface area contributed by atoms with Gasteiger partial charge in [-0.05, 0) is 52.3 Å². The third kappa shape index (κ3) is 3.64. The molecule has 0 fully saturated rings. The lowest BCUT2D eigenvalue weighted by atomic mass is 9.95. The van der Waals surface area contributed by atoms with E-state index in [4.69, 9.17) is 0 Å². The summed E-state index contributed by atoms with van der Waals surface area (Å²) in [7, 11) is 0. The Morgan fingerprint density at radius 3 is 2.21 bits per heavy atom. The number of hydrogen-bond donors (Lipinski definition) is 0. The number of unbranched alkanes of at least 4 members (excludes halogenated alkanes) is 3. The topological polar surface area (TPSA) is 0 Å². The first-order valence-electron chi connectivity index (χ1n) is 10.1. The molecule has 0 nitrogen and oxygen atoms in total. The van der Waals surface area contributed by atoms with E-state index in [2.05, 4.69) is 25.1 Å². The Hall–Kier alpha value is -2.74. The van der Waals surface area contributed by atoms with Crippen molar-refractivity contribution >= 4 is 21.5 Å². The van der Waals surface area contributed by atoms with Crippen LogP contribution in [0.25, 0.3) is 32.7 Å². The van der Waals surface area contributed by atoms with E-state index in [9.17, 15) is 4.39 Å². The summed E-state index contributed by atoms with van der Waals surface area (Å²) in [6, 6.07) is 20.1. The van der Waals surface area contributed by atoms with Crippen molar-refractivity contribution in [2.24, 2.45) is 0 Å². The molecule has 0 aliphatic carbocycles. The first kappa shape index (κ1) is 18.6. The predicted molar refractivity (Wildman–Crippen MR) is 115 cm³/mol. The molecule has 0 saturated heterocycles. The van der Waals surface area contributed by atoms with Gasteiger partial charge in [-0.15, -0.1) is 0 Å². The summed E-state index contributed by atoms with van der Waals surface area (Å²) in [5, 5.41) is 3.73. The van der Waals surface area contributed by atoms with Gasteiger partial charge in [-0.25, -0.2) is 8.78 Å². The van der Waals surface area contributed by atoms with E-state index in [0.29, 0.717) is 16.5 Å². The Balaban J connectivity index is 1.72. The minimum absolute atomic E-state index is 0.255. The molecule has 0 amide bonds. The molecule has 0 aliphatic rings. The van der Waals surface area contributed by atoms with E-state index in [0.717, 1.165) is 22.6 Å². The molecule has 0 atom stereocenters. The molecular weight excluding hydrogens is 350 g/mol. The molecular formula is C26H24F2. The van der Waals surface area contributed by atoms with Crippen LogP contribution < -0.4 is 0 Å². The van der Waals surface area contributed by atoms with Crippen molar-refractivity contribution in [3.05, 3.63) is 83.9 Å². The summed E-state index contributed by atoms with van der Waals surface area (Å²) in [5.41, 5.74) is 2.52. The van der Waals surface area contributed by atoms with E-state index < -0.39 is 0 Å². The molecule has 0 bridgehead atoms. The Bertz CT molecular complexity index is 1110. The smallest absolute Gasteiger partial charge is 0.138 e. The molecule has 0 aromatic heterocycles. The number of rotatable bonds is 6. The second-order valence-electron chi connectivity index (χ2n) is 7.46. The molecule has 28 heavy (non-hydrogen) atoms. The first-order chi connectivity index (χ1) is 13.7. The van der Waals surface area contributed by atoms with E-state index in [1.54, 1.807) is 18.2 Å². The van der Waals surface area contributed by atoms with Gasteiger partial charge in [0.25, 0.3) is 0 Å². The Kier molecular flexibility index (Phi) is 5.38. The minimum atomic E-state index is -0.318. The lowest BCUT2D eigenvalue weighted by molar-refractivity contribution is 0.627. The summed E-state index contributed by atoms with van der Waals surface area (Å²) in [5.74, 6) is -0.573. The van der Waals surface area contributed by atoms with Crippen LogP contribution in [0.5, 0.6) is 0 Å². The SMILES string of the molecule is CCCCCCc1ccc2c(ccc3c(F)c(-c4ccc(F)cc4)ccc32)c1. The fourth-order valence-corrected chi connectivity index (χ4v) is 3.92. The maximum Gasteiger partial charge on any atom is 0.138 e. The van der Waals surface area contributed by atoms with Crippen molar-refractivity contribution in [3.63, 3.8) is 0 Å². The second kappa shape index (κ2) is 8.10. The molecule has 142 valence electrons. The van der Waals surface area contributed by atoms with Gasteiger partial charge >= 0.3 is 0 Å². The normalized spacial score (nSPS) is 11.4.